The standard InChI is InChI=1S/C15H27N3O3/c1-16-8-3-4-13(11-16)17(2)15(21)18-9-7-12(10-18)5-6-14(19)20/h12-13H,3-11H2,1-2H3,(H,19,20). The van der Waals surface area contributed by atoms with Gasteiger partial charge in [0.15, 0.2) is 0 Å². The Morgan fingerprint density at radius 2 is 2.00 bits per heavy atom. The van der Waals surface area contributed by atoms with Crippen molar-refractivity contribution in [2.75, 3.05) is 40.3 Å². The van der Waals surface area contributed by atoms with Crippen molar-refractivity contribution < 1.29 is 14.7 Å². The van der Waals surface area contributed by atoms with Gasteiger partial charge in [-0.2, -0.15) is 0 Å². The maximum atomic E-state index is 12.6. The summed E-state index contributed by atoms with van der Waals surface area (Å²) in [6, 6.07) is 0.405. The second kappa shape index (κ2) is 7.11. The summed E-state index contributed by atoms with van der Waals surface area (Å²) in [6.07, 6.45) is 4.02. The molecule has 2 fully saturated rings. The summed E-state index contributed by atoms with van der Waals surface area (Å²) in [7, 11) is 4.00. The van der Waals surface area contributed by atoms with Crippen molar-refractivity contribution in [2.45, 2.75) is 38.1 Å². The maximum absolute atomic E-state index is 12.6. The second-order valence-corrected chi connectivity index (χ2v) is 6.48. The zero-order valence-electron chi connectivity index (χ0n) is 13.1. The molecule has 2 unspecified atom stereocenters. The fraction of sp³-hybridized carbons (Fsp3) is 0.867. The van der Waals surface area contributed by atoms with E-state index in [4.69, 9.17) is 5.11 Å². The van der Waals surface area contributed by atoms with E-state index in [0.29, 0.717) is 24.9 Å². The summed E-state index contributed by atoms with van der Waals surface area (Å²) in [4.78, 5) is 29.2. The first kappa shape index (κ1) is 16.1. The molecule has 1 N–H and O–H groups in total. The predicted molar refractivity (Wildman–Crippen MR) is 80.2 cm³/mol. The Kier molecular flexibility index (Phi) is 5.45. The average molecular weight is 297 g/mol. The number of rotatable bonds is 4. The summed E-state index contributed by atoms with van der Waals surface area (Å²) in [5, 5.41) is 8.74. The van der Waals surface area contributed by atoms with Crippen molar-refractivity contribution in [3.8, 4) is 0 Å². The van der Waals surface area contributed by atoms with Crippen LogP contribution in [0.25, 0.3) is 0 Å². The molecule has 6 heteroatoms. The zero-order chi connectivity index (χ0) is 15.4. The molecule has 2 aliphatic heterocycles. The van der Waals surface area contributed by atoms with Crippen LogP contribution in [0.3, 0.4) is 0 Å². The Balaban J connectivity index is 1.81. The number of carbonyl (C=O) groups is 2. The lowest BCUT2D eigenvalue weighted by atomic mass is 10.0. The van der Waals surface area contributed by atoms with Crippen molar-refractivity contribution in [3.05, 3.63) is 0 Å². The fourth-order valence-corrected chi connectivity index (χ4v) is 3.40. The molecule has 21 heavy (non-hydrogen) atoms. The lowest BCUT2D eigenvalue weighted by Crippen LogP contribution is -2.51. The number of piperidine rings is 1. The van der Waals surface area contributed by atoms with Crippen LogP contribution in [0, 0.1) is 5.92 Å². The highest BCUT2D eigenvalue weighted by Gasteiger charge is 2.32. The molecule has 2 rings (SSSR count). The Bertz CT molecular complexity index is 388. The van der Waals surface area contributed by atoms with Crippen molar-refractivity contribution >= 4 is 12.0 Å². The third kappa shape index (κ3) is 4.33. The largest absolute Gasteiger partial charge is 0.481 e. The van der Waals surface area contributed by atoms with Gasteiger partial charge in [-0.1, -0.05) is 0 Å². The Labute approximate surface area is 126 Å². The topological polar surface area (TPSA) is 64.1 Å². The smallest absolute Gasteiger partial charge is 0.320 e. The Morgan fingerprint density at radius 1 is 1.24 bits per heavy atom. The number of carbonyl (C=O) groups excluding carboxylic acids is 1. The molecule has 2 amide bonds. The van der Waals surface area contributed by atoms with Gasteiger partial charge >= 0.3 is 12.0 Å². The monoisotopic (exact) mass is 297 g/mol. The van der Waals surface area contributed by atoms with Crippen LogP contribution < -0.4 is 0 Å². The van der Waals surface area contributed by atoms with Gasteiger partial charge in [0, 0.05) is 39.1 Å². The van der Waals surface area contributed by atoms with Gasteiger partial charge in [0.2, 0.25) is 0 Å². The number of hydrogen-bond donors (Lipinski definition) is 1. The first-order valence-electron chi connectivity index (χ1n) is 7.89. The lowest BCUT2D eigenvalue weighted by molar-refractivity contribution is -0.137. The molecule has 0 spiro atoms. The molecule has 120 valence electrons. The number of likely N-dealkylation sites (tertiary alicyclic amines) is 2. The van der Waals surface area contributed by atoms with Gasteiger partial charge in [0.05, 0.1) is 0 Å². The molecule has 0 radical (unpaired) electrons. The summed E-state index contributed by atoms with van der Waals surface area (Å²) in [6.45, 7) is 3.52. The van der Waals surface area contributed by atoms with Gasteiger partial charge in [0.25, 0.3) is 0 Å². The highest BCUT2D eigenvalue weighted by atomic mass is 16.4. The van der Waals surface area contributed by atoms with Gasteiger partial charge in [-0.15, -0.1) is 0 Å². The molecular weight excluding hydrogens is 270 g/mol. The van der Waals surface area contributed by atoms with E-state index in [1.807, 2.05) is 16.8 Å². The molecule has 2 atom stereocenters. The van der Waals surface area contributed by atoms with E-state index in [-0.39, 0.29) is 12.5 Å². The fourth-order valence-electron chi connectivity index (χ4n) is 3.40. The van der Waals surface area contributed by atoms with Crippen LogP contribution in [-0.4, -0.2) is 78.1 Å². The number of likely N-dealkylation sites (N-methyl/N-ethyl adjacent to an activating group) is 2. The minimum Gasteiger partial charge on any atom is -0.481 e. The van der Waals surface area contributed by atoms with Crippen LogP contribution in [0.15, 0.2) is 0 Å². The minimum atomic E-state index is -0.748. The van der Waals surface area contributed by atoms with E-state index in [2.05, 4.69) is 11.9 Å². The van der Waals surface area contributed by atoms with Gasteiger partial charge in [-0.3, -0.25) is 4.79 Å². The van der Waals surface area contributed by atoms with Crippen LogP contribution in [0.2, 0.25) is 0 Å². The molecule has 0 aromatic heterocycles. The maximum Gasteiger partial charge on any atom is 0.320 e. The Hall–Kier alpha value is -1.30. The van der Waals surface area contributed by atoms with E-state index in [1.165, 1.54) is 0 Å². The van der Waals surface area contributed by atoms with Gasteiger partial charge < -0.3 is 19.8 Å². The molecule has 0 aliphatic carbocycles. The molecule has 6 nitrogen and oxygen atoms in total. The van der Waals surface area contributed by atoms with Crippen molar-refractivity contribution in [1.82, 2.24) is 14.7 Å². The minimum absolute atomic E-state index is 0.105. The number of urea groups is 1. The second-order valence-electron chi connectivity index (χ2n) is 6.48. The predicted octanol–water partition coefficient (Wildman–Crippen LogP) is 1.32. The number of carboxylic acid groups (broad SMARTS) is 1. The van der Waals surface area contributed by atoms with Gasteiger partial charge in [0.1, 0.15) is 0 Å². The number of aliphatic carboxylic acids is 1. The average Bonchev–Trinajstić information content (AvgIpc) is 2.92. The van der Waals surface area contributed by atoms with Gasteiger partial charge in [-0.25, -0.2) is 4.79 Å². The summed E-state index contributed by atoms with van der Waals surface area (Å²) < 4.78 is 0. The molecule has 2 saturated heterocycles. The van der Waals surface area contributed by atoms with Crippen LogP contribution in [0.4, 0.5) is 4.79 Å². The third-order valence-corrected chi connectivity index (χ3v) is 4.77. The van der Waals surface area contributed by atoms with E-state index < -0.39 is 5.97 Å². The summed E-state index contributed by atoms with van der Waals surface area (Å²) in [5.74, 6) is -0.408. The molecule has 0 saturated carbocycles. The Morgan fingerprint density at radius 3 is 2.67 bits per heavy atom. The van der Waals surface area contributed by atoms with Crippen LogP contribution in [0.1, 0.15) is 32.1 Å². The van der Waals surface area contributed by atoms with E-state index in [0.717, 1.165) is 38.9 Å². The highest BCUT2D eigenvalue weighted by Crippen LogP contribution is 2.23. The number of nitrogens with zero attached hydrogens (tertiary/aromatic N) is 3. The number of amides is 2. The van der Waals surface area contributed by atoms with Gasteiger partial charge in [-0.05, 0) is 45.2 Å². The van der Waals surface area contributed by atoms with E-state index >= 15 is 0 Å². The molecule has 0 bridgehead atoms. The van der Waals surface area contributed by atoms with Crippen molar-refractivity contribution in [1.29, 1.82) is 0 Å². The molecule has 2 aliphatic rings. The first-order valence-corrected chi connectivity index (χ1v) is 7.89. The summed E-state index contributed by atoms with van der Waals surface area (Å²) >= 11 is 0. The summed E-state index contributed by atoms with van der Waals surface area (Å²) in [5.41, 5.74) is 0. The van der Waals surface area contributed by atoms with E-state index in [1.54, 1.807) is 0 Å². The molecule has 2 heterocycles. The van der Waals surface area contributed by atoms with Crippen molar-refractivity contribution in [2.24, 2.45) is 5.92 Å². The lowest BCUT2D eigenvalue weighted by Gasteiger charge is -2.37. The first-order chi connectivity index (χ1) is 9.97. The zero-order valence-corrected chi connectivity index (χ0v) is 13.1. The van der Waals surface area contributed by atoms with Crippen LogP contribution in [0.5, 0.6) is 0 Å². The molecule has 0 aromatic carbocycles. The van der Waals surface area contributed by atoms with Crippen LogP contribution >= 0.6 is 0 Å². The quantitative estimate of drug-likeness (QED) is 0.850. The number of hydrogen-bond acceptors (Lipinski definition) is 3. The van der Waals surface area contributed by atoms with Crippen LogP contribution in [-0.2, 0) is 4.79 Å². The third-order valence-electron chi connectivity index (χ3n) is 4.77. The van der Waals surface area contributed by atoms with E-state index in [9.17, 15) is 9.59 Å². The highest BCUT2D eigenvalue weighted by molar-refractivity contribution is 5.75. The SMILES string of the molecule is CN1CCCC(N(C)C(=O)N2CCC(CCC(=O)O)C2)C1. The molecule has 0 aromatic rings. The van der Waals surface area contributed by atoms with Crippen molar-refractivity contribution in [3.63, 3.8) is 0 Å². The normalized spacial score (nSPS) is 26.9. The molecular formula is C15H27N3O3. The number of carboxylic acids is 1.